The van der Waals surface area contributed by atoms with Gasteiger partial charge < -0.3 is 10.2 Å². The van der Waals surface area contributed by atoms with Crippen molar-refractivity contribution in [2.24, 2.45) is 0 Å². The SMILES string of the molecule is CN(CC(=O)Nc1ccc(F)cc1)c1ccc(C#N)cc1[N+](=O)[O-]. The van der Waals surface area contributed by atoms with E-state index in [1.54, 1.807) is 0 Å². The first-order valence-electron chi connectivity index (χ1n) is 6.86. The zero-order valence-corrected chi connectivity index (χ0v) is 12.7. The Morgan fingerprint density at radius 1 is 1.33 bits per heavy atom. The lowest BCUT2D eigenvalue weighted by Gasteiger charge is -2.18. The number of nitro groups is 1. The van der Waals surface area contributed by atoms with Crippen LogP contribution >= 0.6 is 0 Å². The summed E-state index contributed by atoms with van der Waals surface area (Å²) in [5.74, 6) is -0.832. The van der Waals surface area contributed by atoms with E-state index >= 15 is 0 Å². The minimum absolute atomic E-state index is 0.149. The first-order valence-corrected chi connectivity index (χ1v) is 6.86. The number of benzene rings is 2. The Morgan fingerprint density at radius 3 is 2.58 bits per heavy atom. The lowest BCUT2D eigenvalue weighted by molar-refractivity contribution is -0.384. The summed E-state index contributed by atoms with van der Waals surface area (Å²) in [6.45, 7) is -0.149. The van der Waals surface area contributed by atoms with E-state index in [0.29, 0.717) is 5.69 Å². The van der Waals surface area contributed by atoms with Gasteiger partial charge in [-0.3, -0.25) is 14.9 Å². The second-order valence-electron chi connectivity index (χ2n) is 4.98. The molecule has 0 spiro atoms. The van der Waals surface area contributed by atoms with E-state index in [0.717, 1.165) is 6.07 Å². The lowest BCUT2D eigenvalue weighted by atomic mass is 10.1. The standard InChI is InChI=1S/C16H13FN4O3/c1-20(10-16(22)19-13-5-3-12(17)4-6-13)14-7-2-11(9-18)8-15(14)21(23)24/h2-8H,10H2,1H3,(H,19,22). The molecule has 2 rings (SSSR count). The van der Waals surface area contributed by atoms with E-state index < -0.39 is 16.6 Å². The predicted molar refractivity (Wildman–Crippen MR) is 86.1 cm³/mol. The van der Waals surface area contributed by atoms with Crippen LogP contribution in [0.4, 0.5) is 21.5 Å². The Labute approximate surface area is 137 Å². The number of carbonyl (C=O) groups is 1. The van der Waals surface area contributed by atoms with Gasteiger partial charge in [0, 0.05) is 18.8 Å². The number of nitriles is 1. The molecule has 24 heavy (non-hydrogen) atoms. The molecule has 0 aliphatic heterocycles. The Morgan fingerprint density at radius 2 is 2.00 bits per heavy atom. The van der Waals surface area contributed by atoms with Crippen molar-refractivity contribution in [2.45, 2.75) is 0 Å². The van der Waals surface area contributed by atoms with Crippen LogP contribution in [0.5, 0.6) is 0 Å². The molecule has 0 bridgehead atoms. The highest BCUT2D eigenvalue weighted by atomic mass is 19.1. The molecule has 122 valence electrons. The Hall–Kier alpha value is -3.47. The van der Waals surface area contributed by atoms with Crippen molar-refractivity contribution >= 4 is 23.0 Å². The number of likely N-dealkylation sites (N-methyl/N-ethyl adjacent to an activating group) is 1. The molecule has 0 atom stereocenters. The second kappa shape index (κ2) is 7.19. The maximum absolute atomic E-state index is 12.8. The van der Waals surface area contributed by atoms with Gasteiger partial charge in [0.2, 0.25) is 5.91 Å². The number of halogens is 1. The highest BCUT2D eigenvalue weighted by Crippen LogP contribution is 2.28. The minimum Gasteiger partial charge on any atom is -0.360 e. The third-order valence-electron chi connectivity index (χ3n) is 3.22. The zero-order chi connectivity index (χ0) is 17.7. The number of amides is 1. The first-order chi connectivity index (χ1) is 11.4. The average Bonchev–Trinajstić information content (AvgIpc) is 2.56. The van der Waals surface area contributed by atoms with E-state index in [1.807, 2.05) is 6.07 Å². The number of anilines is 2. The van der Waals surface area contributed by atoms with E-state index in [9.17, 15) is 19.3 Å². The highest BCUT2D eigenvalue weighted by Gasteiger charge is 2.19. The largest absolute Gasteiger partial charge is 0.360 e. The van der Waals surface area contributed by atoms with E-state index in [2.05, 4.69) is 5.32 Å². The summed E-state index contributed by atoms with van der Waals surface area (Å²) in [6, 6.07) is 11.1. The van der Waals surface area contributed by atoms with Gasteiger partial charge in [0.1, 0.15) is 11.5 Å². The zero-order valence-electron chi connectivity index (χ0n) is 12.7. The molecule has 0 radical (unpaired) electrons. The van der Waals surface area contributed by atoms with Gasteiger partial charge in [-0.05, 0) is 36.4 Å². The summed E-state index contributed by atoms with van der Waals surface area (Å²) in [5.41, 5.74) is 0.540. The van der Waals surface area contributed by atoms with Crippen molar-refractivity contribution in [3.8, 4) is 6.07 Å². The van der Waals surface area contributed by atoms with E-state index in [-0.39, 0.29) is 23.5 Å². The van der Waals surface area contributed by atoms with Crippen molar-refractivity contribution in [1.82, 2.24) is 0 Å². The summed E-state index contributed by atoms with van der Waals surface area (Å²) < 4.78 is 12.8. The van der Waals surface area contributed by atoms with Crippen LogP contribution in [0.3, 0.4) is 0 Å². The molecule has 2 aromatic carbocycles. The molecule has 0 saturated heterocycles. The number of carbonyl (C=O) groups excluding carboxylic acids is 1. The molecule has 2 aromatic rings. The van der Waals surface area contributed by atoms with Crippen LogP contribution in [0.25, 0.3) is 0 Å². The van der Waals surface area contributed by atoms with Crippen LogP contribution in [-0.2, 0) is 4.79 Å². The Balaban J connectivity index is 2.13. The summed E-state index contributed by atoms with van der Waals surface area (Å²) in [4.78, 5) is 23.9. The summed E-state index contributed by atoms with van der Waals surface area (Å²) in [5, 5.41) is 22.5. The van der Waals surface area contributed by atoms with E-state index in [4.69, 9.17) is 5.26 Å². The van der Waals surface area contributed by atoms with Gasteiger partial charge in [0.15, 0.2) is 0 Å². The van der Waals surface area contributed by atoms with Crippen molar-refractivity contribution in [1.29, 1.82) is 5.26 Å². The molecule has 0 heterocycles. The topological polar surface area (TPSA) is 99.3 Å². The van der Waals surface area contributed by atoms with Gasteiger partial charge in [-0.15, -0.1) is 0 Å². The fourth-order valence-corrected chi connectivity index (χ4v) is 2.10. The van der Waals surface area contributed by atoms with Gasteiger partial charge in [0.25, 0.3) is 5.69 Å². The summed E-state index contributed by atoms with van der Waals surface area (Å²) in [7, 11) is 1.53. The Kier molecular flexibility index (Phi) is 5.06. The molecular weight excluding hydrogens is 315 g/mol. The highest BCUT2D eigenvalue weighted by molar-refractivity contribution is 5.94. The van der Waals surface area contributed by atoms with Crippen molar-refractivity contribution in [2.75, 3.05) is 23.8 Å². The number of nitro benzene ring substituents is 1. The van der Waals surface area contributed by atoms with Crippen LogP contribution in [-0.4, -0.2) is 24.4 Å². The fraction of sp³-hybridized carbons (Fsp3) is 0.125. The monoisotopic (exact) mass is 328 g/mol. The van der Waals surface area contributed by atoms with Crippen LogP contribution in [0.2, 0.25) is 0 Å². The number of hydrogen-bond acceptors (Lipinski definition) is 5. The van der Waals surface area contributed by atoms with Crippen molar-refractivity contribution < 1.29 is 14.1 Å². The fourth-order valence-electron chi connectivity index (χ4n) is 2.10. The molecule has 0 fully saturated rings. The molecule has 7 nitrogen and oxygen atoms in total. The molecule has 0 aliphatic rings. The number of rotatable bonds is 5. The molecule has 0 aromatic heterocycles. The average molecular weight is 328 g/mol. The van der Waals surface area contributed by atoms with Crippen LogP contribution in [0.1, 0.15) is 5.56 Å². The molecule has 1 N–H and O–H groups in total. The maximum Gasteiger partial charge on any atom is 0.293 e. The van der Waals surface area contributed by atoms with Gasteiger partial charge in [-0.2, -0.15) is 5.26 Å². The van der Waals surface area contributed by atoms with Gasteiger partial charge in [-0.25, -0.2) is 4.39 Å². The summed E-state index contributed by atoms with van der Waals surface area (Å²) in [6.07, 6.45) is 0. The lowest BCUT2D eigenvalue weighted by Crippen LogP contribution is -2.30. The minimum atomic E-state index is -0.607. The number of nitrogens with one attached hydrogen (secondary N) is 1. The molecule has 0 aliphatic carbocycles. The van der Waals surface area contributed by atoms with Gasteiger partial charge >= 0.3 is 0 Å². The number of nitrogens with zero attached hydrogens (tertiary/aromatic N) is 3. The van der Waals surface area contributed by atoms with Crippen molar-refractivity contribution in [3.05, 3.63) is 64.0 Å². The van der Waals surface area contributed by atoms with Crippen LogP contribution in [0, 0.1) is 27.3 Å². The van der Waals surface area contributed by atoms with Gasteiger partial charge in [-0.1, -0.05) is 0 Å². The third kappa shape index (κ3) is 4.04. The third-order valence-corrected chi connectivity index (χ3v) is 3.22. The molecule has 0 unspecified atom stereocenters. The first kappa shape index (κ1) is 16.9. The molecule has 8 heteroatoms. The van der Waals surface area contributed by atoms with Crippen LogP contribution in [0.15, 0.2) is 42.5 Å². The predicted octanol–water partition coefficient (Wildman–Crippen LogP) is 2.68. The number of hydrogen-bond donors (Lipinski definition) is 1. The quantitative estimate of drug-likeness (QED) is 0.672. The summed E-state index contributed by atoms with van der Waals surface area (Å²) >= 11 is 0. The van der Waals surface area contributed by atoms with Crippen LogP contribution < -0.4 is 10.2 Å². The second-order valence-corrected chi connectivity index (χ2v) is 4.98. The van der Waals surface area contributed by atoms with E-state index in [1.165, 1.54) is 48.3 Å². The van der Waals surface area contributed by atoms with Gasteiger partial charge in [0.05, 0.1) is 23.1 Å². The normalized spacial score (nSPS) is 9.88. The Bertz CT molecular complexity index is 815. The smallest absolute Gasteiger partial charge is 0.293 e. The van der Waals surface area contributed by atoms with Crippen molar-refractivity contribution in [3.63, 3.8) is 0 Å². The molecule has 0 saturated carbocycles. The molecular formula is C16H13FN4O3. The maximum atomic E-state index is 12.8. The molecule has 1 amide bonds.